The molecule has 0 aliphatic rings. The number of ether oxygens (including phenoxy) is 2. The van der Waals surface area contributed by atoms with Crippen LogP contribution >= 0.6 is 0 Å². The Morgan fingerprint density at radius 2 is 1.79 bits per heavy atom. The van der Waals surface area contributed by atoms with Crippen molar-refractivity contribution in [2.45, 2.75) is 13.3 Å². The lowest BCUT2D eigenvalue weighted by Gasteiger charge is -2.05. The maximum atomic E-state index is 12.1. The zero-order chi connectivity index (χ0) is 16.9. The lowest BCUT2D eigenvalue weighted by molar-refractivity contribution is -0.133. The molecular weight excluding hydrogens is 306 g/mol. The van der Waals surface area contributed by atoms with E-state index in [-0.39, 0.29) is 12.4 Å². The molecule has 122 valence electrons. The van der Waals surface area contributed by atoms with E-state index >= 15 is 0 Å². The van der Waals surface area contributed by atoms with Crippen LogP contribution in [-0.2, 0) is 16.0 Å². The summed E-state index contributed by atoms with van der Waals surface area (Å²) in [5.74, 6) is -0.356. The monoisotopic (exact) mass is 323 g/mol. The van der Waals surface area contributed by atoms with Gasteiger partial charge in [0.25, 0.3) is 0 Å². The minimum Gasteiger partial charge on any atom is -0.462 e. The van der Waals surface area contributed by atoms with Crippen molar-refractivity contribution in [2.75, 3.05) is 6.61 Å². The lowest BCUT2D eigenvalue weighted by atomic mass is 10.1. The first kappa shape index (κ1) is 15.8. The highest BCUT2D eigenvalue weighted by Gasteiger charge is 2.11. The van der Waals surface area contributed by atoms with Gasteiger partial charge in [0, 0.05) is 17.1 Å². The van der Waals surface area contributed by atoms with E-state index in [1.807, 2.05) is 30.5 Å². The Hall–Kier alpha value is -3.08. The molecule has 0 spiro atoms. The Kier molecular flexibility index (Phi) is 4.61. The summed E-state index contributed by atoms with van der Waals surface area (Å²) in [7, 11) is 0. The van der Waals surface area contributed by atoms with Crippen LogP contribution in [0.15, 0.2) is 54.7 Å². The molecule has 1 aromatic heterocycles. The molecule has 0 aliphatic heterocycles. The van der Waals surface area contributed by atoms with Gasteiger partial charge in [-0.15, -0.1) is 0 Å². The van der Waals surface area contributed by atoms with Gasteiger partial charge in [0.1, 0.15) is 5.75 Å². The van der Waals surface area contributed by atoms with Crippen LogP contribution in [0.25, 0.3) is 10.9 Å². The van der Waals surface area contributed by atoms with E-state index in [0.717, 1.165) is 16.5 Å². The van der Waals surface area contributed by atoms with E-state index < -0.39 is 5.97 Å². The van der Waals surface area contributed by atoms with Crippen LogP contribution in [0.4, 0.5) is 0 Å². The summed E-state index contributed by atoms with van der Waals surface area (Å²) in [5, 5.41) is 1.01. The topological polar surface area (TPSA) is 68.4 Å². The number of carbonyl (C=O) groups is 2. The molecule has 3 aromatic rings. The van der Waals surface area contributed by atoms with Crippen LogP contribution in [0.2, 0.25) is 0 Å². The second-order valence-corrected chi connectivity index (χ2v) is 5.26. The molecule has 5 nitrogen and oxygen atoms in total. The van der Waals surface area contributed by atoms with Gasteiger partial charge >= 0.3 is 11.9 Å². The molecule has 1 heterocycles. The van der Waals surface area contributed by atoms with E-state index in [0.29, 0.717) is 17.9 Å². The molecule has 0 saturated heterocycles. The molecule has 24 heavy (non-hydrogen) atoms. The Balaban J connectivity index is 1.65. The Bertz CT molecular complexity index is 864. The van der Waals surface area contributed by atoms with Crippen molar-refractivity contribution in [1.29, 1.82) is 0 Å². The summed E-state index contributed by atoms with van der Waals surface area (Å²) in [6.45, 7) is 2.07. The largest absolute Gasteiger partial charge is 0.462 e. The van der Waals surface area contributed by atoms with Gasteiger partial charge in [0.05, 0.1) is 18.6 Å². The zero-order valence-corrected chi connectivity index (χ0v) is 13.2. The predicted octanol–water partition coefficient (Wildman–Crippen LogP) is 3.49. The highest BCUT2D eigenvalue weighted by molar-refractivity contribution is 5.90. The average Bonchev–Trinajstić information content (AvgIpc) is 2.99. The number of para-hydroxylation sites is 1. The molecule has 0 unspecified atom stereocenters. The van der Waals surface area contributed by atoms with Crippen LogP contribution in [0.5, 0.6) is 5.75 Å². The number of carbonyl (C=O) groups excluding carboxylic acids is 2. The zero-order valence-electron chi connectivity index (χ0n) is 13.2. The summed E-state index contributed by atoms with van der Waals surface area (Å²) in [4.78, 5) is 26.8. The molecule has 2 aromatic carbocycles. The predicted molar refractivity (Wildman–Crippen MR) is 90.0 cm³/mol. The first-order valence-corrected chi connectivity index (χ1v) is 7.70. The van der Waals surface area contributed by atoms with Gasteiger partial charge in [-0.25, -0.2) is 4.79 Å². The molecule has 0 atom stereocenters. The third kappa shape index (κ3) is 3.46. The van der Waals surface area contributed by atoms with Gasteiger partial charge in [-0.05, 0) is 42.8 Å². The maximum Gasteiger partial charge on any atom is 0.338 e. The van der Waals surface area contributed by atoms with Crippen molar-refractivity contribution in [1.82, 2.24) is 4.98 Å². The maximum absolute atomic E-state index is 12.1. The van der Waals surface area contributed by atoms with E-state index in [1.165, 1.54) is 0 Å². The minimum atomic E-state index is -0.394. The van der Waals surface area contributed by atoms with E-state index in [2.05, 4.69) is 4.98 Å². The van der Waals surface area contributed by atoms with E-state index in [9.17, 15) is 9.59 Å². The number of hydrogen-bond donors (Lipinski definition) is 1. The van der Waals surface area contributed by atoms with Crippen molar-refractivity contribution >= 4 is 22.8 Å². The number of H-pyrrole nitrogens is 1. The molecule has 0 aliphatic carbocycles. The van der Waals surface area contributed by atoms with E-state index in [1.54, 1.807) is 31.2 Å². The van der Waals surface area contributed by atoms with Crippen LogP contribution in [0.1, 0.15) is 22.8 Å². The van der Waals surface area contributed by atoms with E-state index in [4.69, 9.17) is 9.47 Å². The fourth-order valence-electron chi connectivity index (χ4n) is 2.47. The summed E-state index contributed by atoms with van der Waals surface area (Å²) in [6.07, 6.45) is 1.99. The second-order valence-electron chi connectivity index (χ2n) is 5.26. The quantitative estimate of drug-likeness (QED) is 0.576. The normalized spacial score (nSPS) is 10.5. The molecule has 0 fully saturated rings. The van der Waals surface area contributed by atoms with Gasteiger partial charge in [-0.1, -0.05) is 18.2 Å². The number of aromatic nitrogens is 1. The fourth-order valence-corrected chi connectivity index (χ4v) is 2.47. The number of aromatic amines is 1. The van der Waals surface area contributed by atoms with Crippen molar-refractivity contribution in [3.63, 3.8) is 0 Å². The molecular formula is C19H17NO4. The van der Waals surface area contributed by atoms with Crippen LogP contribution < -0.4 is 4.74 Å². The van der Waals surface area contributed by atoms with Gasteiger partial charge in [-0.3, -0.25) is 4.79 Å². The fraction of sp³-hybridized carbons (Fsp3) is 0.158. The summed E-state index contributed by atoms with van der Waals surface area (Å²) < 4.78 is 10.2. The van der Waals surface area contributed by atoms with Crippen molar-refractivity contribution in [3.05, 3.63) is 65.9 Å². The number of hydrogen-bond acceptors (Lipinski definition) is 4. The van der Waals surface area contributed by atoms with Crippen molar-refractivity contribution in [3.8, 4) is 5.75 Å². The van der Waals surface area contributed by atoms with Gasteiger partial charge in [0.15, 0.2) is 0 Å². The first-order valence-electron chi connectivity index (χ1n) is 7.70. The number of nitrogens with one attached hydrogen (secondary N) is 1. The molecule has 0 bridgehead atoms. The number of esters is 2. The molecule has 0 radical (unpaired) electrons. The van der Waals surface area contributed by atoms with Crippen LogP contribution in [0, 0.1) is 0 Å². The Morgan fingerprint density at radius 3 is 2.54 bits per heavy atom. The highest BCUT2D eigenvalue weighted by atomic mass is 16.5. The molecule has 0 amide bonds. The molecule has 1 N–H and O–H groups in total. The average molecular weight is 323 g/mol. The van der Waals surface area contributed by atoms with Crippen molar-refractivity contribution < 1.29 is 19.1 Å². The minimum absolute atomic E-state index is 0.170. The summed E-state index contributed by atoms with van der Waals surface area (Å²) in [5.41, 5.74) is 2.30. The summed E-state index contributed by atoms with van der Waals surface area (Å²) in [6, 6.07) is 14.1. The highest BCUT2D eigenvalue weighted by Crippen LogP contribution is 2.19. The Labute approximate surface area is 139 Å². The number of fused-ring (bicyclic) bond motifs is 1. The third-order valence-electron chi connectivity index (χ3n) is 3.61. The summed E-state index contributed by atoms with van der Waals surface area (Å²) >= 11 is 0. The molecule has 0 saturated carbocycles. The smallest absolute Gasteiger partial charge is 0.338 e. The molecule has 3 rings (SSSR count). The first-order chi connectivity index (χ1) is 11.7. The van der Waals surface area contributed by atoms with Gasteiger partial charge < -0.3 is 14.5 Å². The number of rotatable bonds is 5. The lowest BCUT2D eigenvalue weighted by Crippen LogP contribution is -2.11. The Morgan fingerprint density at radius 1 is 1.04 bits per heavy atom. The standard InChI is InChI=1S/C19H17NO4/c1-2-23-19(22)13-7-9-15(10-8-13)24-18(21)11-14-12-20-17-6-4-3-5-16(14)17/h3-10,12,20H,2,11H2,1H3. The van der Waals surface area contributed by atoms with Crippen LogP contribution in [0.3, 0.4) is 0 Å². The van der Waals surface area contributed by atoms with Crippen molar-refractivity contribution in [2.24, 2.45) is 0 Å². The van der Waals surface area contributed by atoms with Gasteiger partial charge in [-0.2, -0.15) is 0 Å². The molecule has 5 heteroatoms. The second kappa shape index (κ2) is 7.00. The SMILES string of the molecule is CCOC(=O)c1ccc(OC(=O)Cc2c[nH]c3ccccc23)cc1. The van der Waals surface area contributed by atoms with Gasteiger partial charge in [0.2, 0.25) is 0 Å². The number of benzene rings is 2. The van der Waals surface area contributed by atoms with Crippen LogP contribution in [-0.4, -0.2) is 23.5 Å². The third-order valence-corrected chi connectivity index (χ3v) is 3.61.